The molecule has 2 aliphatic carbocycles. The first-order valence-corrected chi connectivity index (χ1v) is 10.3. The van der Waals surface area contributed by atoms with Crippen LogP contribution in [0.15, 0.2) is 23.0 Å². The van der Waals surface area contributed by atoms with Crippen molar-refractivity contribution in [2.75, 3.05) is 13.6 Å². The summed E-state index contributed by atoms with van der Waals surface area (Å²) in [5, 5.41) is 5.11. The minimum Gasteiger partial charge on any atom is -0.358 e. The molecule has 2 aromatic rings. The van der Waals surface area contributed by atoms with E-state index in [0.29, 0.717) is 11.5 Å². The van der Waals surface area contributed by atoms with Gasteiger partial charge in [-0.05, 0) is 49.8 Å². The van der Waals surface area contributed by atoms with E-state index >= 15 is 0 Å². The van der Waals surface area contributed by atoms with Crippen LogP contribution in [0.1, 0.15) is 61.3 Å². The van der Waals surface area contributed by atoms with Gasteiger partial charge in [0.05, 0.1) is 17.6 Å². The third kappa shape index (κ3) is 3.70. The lowest BCUT2D eigenvalue weighted by Crippen LogP contribution is -2.35. The number of hydrogen-bond donors (Lipinski definition) is 2. The number of amides is 2. The molecule has 1 aromatic heterocycles. The number of hydrogen-bond acceptors (Lipinski definition) is 3. The topological polar surface area (TPSA) is 85.1 Å². The zero-order valence-corrected chi connectivity index (χ0v) is 16.4. The number of carbonyl (C=O) groups is 2. The second-order valence-electron chi connectivity index (χ2n) is 8.06. The van der Waals surface area contributed by atoms with E-state index in [4.69, 9.17) is 0 Å². The Balaban J connectivity index is 1.71. The highest BCUT2D eigenvalue weighted by molar-refractivity contribution is 5.99. The summed E-state index contributed by atoms with van der Waals surface area (Å²) in [5.74, 6) is 0.0127. The Morgan fingerprint density at radius 2 is 1.82 bits per heavy atom. The van der Waals surface area contributed by atoms with Gasteiger partial charge in [-0.25, -0.2) is 4.79 Å². The molecule has 1 aromatic carbocycles. The molecule has 0 saturated heterocycles. The fourth-order valence-corrected chi connectivity index (χ4v) is 4.20. The molecule has 2 N–H and O–H groups in total. The van der Waals surface area contributed by atoms with Gasteiger partial charge in [-0.15, -0.1) is 0 Å². The van der Waals surface area contributed by atoms with Gasteiger partial charge in [-0.2, -0.15) is 0 Å². The van der Waals surface area contributed by atoms with Crippen LogP contribution >= 0.6 is 0 Å². The molecule has 0 unspecified atom stereocenters. The van der Waals surface area contributed by atoms with Gasteiger partial charge in [0.1, 0.15) is 0 Å². The predicted octanol–water partition coefficient (Wildman–Crippen LogP) is 2.19. The molecule has 2 amide bonds. The molecule has 0 aliphatic heterocycles. The van der Waals surface area contributed by atoms with Gasteiger partial charge in [0.2, 0.25) is 5.91 Å². The van der Waals surface area contributed by atoms with Gasteiger partial charge >= 0.3 is 5.69 Å². The van der Waals surface area contributed by atoms with Crippen LogP contribution in [0.4, 0.5) is 0 Å². The molecule has 28 heavy (non-hydrogen) atoms. The summed E-state index contributed by atoms with van der Waals surface area (Å²) in [5.41, 5.74) is 2.27. The van der Waals surface area contributed by atoms with Crippen LogP contribution in [-0.2, 0) is 11.3 Å². The van der Waals surface area contributed by atoms with Crippen molar-refractivity contribution >= 4 is 22.8 Å². The summed E-state index contributed by atoms with van der Waals surface area (Å²) in [6.07, 6.45) is 7.96. The van der Waals surface area contributed by atoms with Crippen molar-refractivity contribution in [2.45, 2.75) is 57.5 Å². The fraction of sp³-hybridized carbons (Fsp3) is 0.571. The lowest BCUT2D eigenvalue weighted by atomic mass is 9.95. The van der Waals surface area contributed by atoms with E-state index < -0.39 is 0 Å². The Morgan fingerprint density at radius 1 is 1.07 bits per heavy atom. The molecule has 2 aliphatic rings. The van der Waals surface area contributed by atoms with Gasteiger partial charge in [-0.1, -0.05) is 19.3 Å². The van der Waals surface area contributed by atoms with Gasteiger partial charge < -0.3 is 10.6 Å². The number of rotatable bonds is 6. The van der Waals surface area contributed by atoms with Crippen LogP contribution in [0.3, 0.4) is 0 Å². The Bertz CT molecular complexity index is 948. The second kappa shape index (κ2) is 7.81. The van der Waals surface area contributed by atoms with E-state index in [2.05, 4.69) is 10.6 Å². The van der Waals surface area contributed by atoms with Crippen molar-refractivity contribution in [1.82, 2.24) is 19.8 Å². The van der Waals surface area contributed by atoms with Crippen molar-refractivity contribution in [2.24, 2.45) is 5.92 Å². The van der Waals surface area contributed by atoms with E-state index in [1.54, 1.807) is 12.1 Å². The molecule has 2 fully saturated rings. The summed E-state index contributed by atoms with van der Waals surface area (Å²) in [6.45, 7) is 0.656. The zero-order valence-electron chi connectivity index (χ0n) is 16.4. The maximum atomic E-state index is 13.3. The first kappa shape index (κ1) is 18.8. The first-order chi connectivity index (χ1) is 13.6. The normalized spacial score (nSPS) is 17.6. The number of fused-ring (bicyclic) bond motifs is 1. The van der Waals surface area contributed by atoms with Crippen LogP contribution in [-0.4, -0.2) is 34.5 Å². The molecular formula is C21H28N4O3. The lowest BCUT2D eigenvalue weighted by molar-refractivity contribution is -0.119. The lowest BCUT2D eigenvalue weighted by Gasteiger charge is -2.23. The van der Waals surface area contributed by atoms with Crippen LogP contribution in [0, 0.1) is 5.92 Å². The second-order valence-corrected chi connectivity index (χ2v) is 8.06. The van der Waals surface area contributed by atoms with Crippen molar-refractivity contribution in [3.05, 3.63) is 34.2 Å². The summed E-state index contributed by atoms with van der Waals surface area (Å²) in [6, 6.07) is 5.69. The van der Waals surface area contributed by atoms with Crippen molar-refractivity contribution in [3.63, 3.8) is 0 Å². The van der Waals surface area contributed by atoms with E-state index in [1.807, 2.05) is 15.2 Å². The number of likely N-dealkylation sites (N-methyl/N-ethyl adjacent to an activating group) is 1. The Hall–Kier alpha value is -2.57. The molecule has 0 radical (unpaired) electrons. The predicted molar refractivity (Wildman–Crippen MR) is 107 cm³/mol. The molecule has 4 rings (SSSR count). The molecule has 7 heteroatoms. The van der Waals surface area contributed by atoms with Crippen molar-refractivity contribution in [3.8, 4) is 0 Å². The monoisotopic (exact) mass is 384 g/mol. The number of benzene rings is 1. The van der Waals surface area contributed by atoms with Gasteiger partial charge in [0, 0.05) is 25.2 Å². The minimum absolute atomic E-state index is 0.0525. The van der Waals surface area contributed by atoms with E-state index in [9.17, 15) is 14.4 Å². The van der Waals surface area contributed by atoms with Gasteiger partial charge in [0.25, 0.3) is 5.91 Å². The van der Waals surface area contributed by atoms with Crippen molar-refractivity contribution < 1.29 is 9.59 Å². The summed E-state index contributed by atoms with van der Waals surface area (Å²) >= 11 is 0. The number of imidazole rings is 1. The minimum atomic E-state index is -0.304. The van der Waals surface area contributed by atoms with Crippen LogP contribution in [0.25, 0.3) is 11.0 Å². The highest BCUT2D eigenvalue weighted by atomic mass is 16.2. The standard InChI is InChI=1S/C21H28N4O3/c1-22-19(26)12-23-20(27)15-9-10-17-18(11-15)24(13-14-7-8-14)21(28)25(17)16-5-3-2-4-6-16/h9-11,14,16H,2-8,12-13H2,1H3,(H,22,26)(H,23,27). The SMILES string of the molecule is CNC(=O)CNC(=O)c1ccc2c(c1)n(CC1CC1)c(=O)n2C1CCCCC1. The fourth-order valence-electron chi connectivity index (χ4n) is 4.20. The molecule has 0 spiro atoms. The number of aromatic nitrogens is 2. The van der Waals surface area contributed by atoms with Crippen molar-refractivity contribution in [1.29, 1.82) is 0 Å². The number of carbonyl (C=O) groups excluding carboxylic acids is 2. The van der Waals surface area contributed by atoms with Gasteiger partial charge in [0.15, 0.2) is 0 Å². The maximum Gasteiger partial charge on any atom is 0.329 e. The maximum absolute atomic E-state index is 13.3. The smallest absolute Gasteiger partial charge is 0.329 e. The quantitative estimate of drug-likeness (QED) is 0.801. The highest BCUT2D eigenvalue weighted by Crippen LogP contribution is 2.33. The molecule has 1 heterocycles. The molecule has 0 bridgehead atoms. The first-order valence-electron chi connectivity index (χ1n) is 10.3. The van der Waals surface area contributed by atoms with E-state index in [0.717, 1.165) is 56.1 Å². The Morgan fingerprint density at radius 3 is 2.50 bits per heavy atom. The summed E-state index contributed by atoms with van der Waals surface area (Å²) < 4.78 is 3.82. The average Bonchev–Trinajstić information content (AvgIpc) is 3.50. The summed E-state index contributed by atoms with van der Waals surface area (Å²) in [7, 11) is 1.53. The van der Waals surface area contributed by atoms with E-state index in [-0.39, 0.29) is 30.1 Å². The number of nitrogens with zero attached hydrogens (tertiary/aromatic N) is 2. The largest absolute Gasteiger partial charge is 0.358 e. The van der Waals surface area contributed by atoms with Crippen LogP contribution in [0.2, 0.25) is 0 Å². The molecule has 150 valence electrons. The zero-order chi connectivity index (χ0) is 19.7. The Labute approximate surface area is 164 Å². The molecule has 2 saturated carbocycles. The van der Waals surface area contributed by atoms with E-state index in [1.165, 1.54) is 13.5 Å². The summed E-state index contributed by atoms with van der Waals surface area (Å²) in [4.78, 5) is 37.1. The van der Waals surface area contributed by atoms with Crippen LogP contribution < -0.4 is 16.3 Å². The Kier molecular flexibility index (Phi) is 5.24. The molecular weight excluding hydrogens is 356 g/mol. The highest BCUT2D eigenvalue weighted by Gasteiger charge is 2.27. The molecule has 7 nitrogen and oxygen atoms in total. The van der Waals surface area contributed by atoms with Crippen LogP contribution in [0.5, 0.6) is 0 Å². The number of nitrogens with one attached hydrogen (secondary N) is 2. The molecule has 0 atom stereocenters. The third-order valence-corrected chi connectivity index (χ3v) is 5.99. The van der Waals surface area contributed by atoms with Gasteiger partial charge in [-0.3, -0.25) is 18.7 Å². The third-order valence-electron chi connectivity index (χ3n) is 5.99. The average molecular weight is 384 g/mol.